The van der Waals surface area contributed by atoms with Crippen LogP contribution in [0.25, 0.3) is 0 Å². The Morgan fingerprint density at radius 2 is 0.638 bits per heavy atom. The fourth-order valence-corrected chi connectivity index (χ4v) is 8.55. The minimum atomic E-state index is -0.845. The summed E-state index contributed by atoms with van der Waals surface area (Å²) < 4.78 is 0. The fraction of sp³-hybridized carbons (Fsp3) is 0.708. The number of hydrogen-bond acceptors (Lipinski definition) is 3. The molecule has 4 nitrogen and oxygen atoms in total. The number of aliphatic hydroxyl groups excluding tert-OH is 2. The number of unbranched alkanes of at least 4 members (excludes halogenated alkanes) is 30. The standard InChI is InChI=1S/C65H113NO3/c1-3-5-7-9-11-13-15-17-19-21-23-24-25-26-27-28-29-30-31-32-33-34-35-36-37-38-39-40-41-42-43-45-47-49-51-53-55-57-59-61-65(69)66-63(62-67)64(68)60-58-56-54-52-50-48-46-44-22-20-18-16-14-12-10-8-6-4-2/h5,7,11,13,17,19,23-24,26-27,29-30,32-33,35-36,58,60,63-64,67-68H,3-4,6,8-10,12,14-16,18,20-22,25,28,31,34,37-57,59,61-62H2,1-2H3,(H,66,69)/b7-5-,13-11-,19-17-,24-23-,27-26-,30-29-,33-32-,36-35-,60-58+. The van der Waals surface area contributed by atoms with Gasteiger partial charge in [-0.3, -0.25) is 4.79 Å². The molecule has 0 radical (unpaired) electrons. The van der Waals surface area contributed by atoms with Crippen molar-refractivity contribution in [3.63, 3.8) is 0 Å². The number of rotatable bonds is 53. The van der Waals surface area contributed by atoms with Crippen LogP contribution >= 0.6 is 0 Å². The molecule has 0 rings (SSSR count). The molecule has 0 aromatic heterocycles. The van der Waals surface area contributed by atoms with Crippen molar-refractivity contribution < 1.29 is 15.0 Å². The highest BCUT2D eigenvalue weighted by Gasteiger charge is 2.18. The monoisotopic (exact) mass is 956 g/mol. The van der Waals surface area contributed by atoms with Crippen molar-refractivity contribution >= 4 is 5.91 Å². The van der Waals surface area contributed by atoms with Crippen LogP contribution in [0.4, 0.5) is 0 Å². The van der Waals surface area contributed by atoms with E-state index in [1.165, 1.54) is 180 Å². The predicted octanol–water partition coefficient (Wildman–Crippen LogP) is 19.9. The van der Waals surface area contributed by atoms with E-state index in [0.717, 1.165) is 77.0 Å². The average molecular weight is 957 g/mol. The number of nitrogens with one attached hydrogen (secondary N) is 1. The van der Waals surface area contributed by atoms with Gasteiger partial charge in [0.1, 0.15) is 0 Å². The molecule has 0 saturated carbocycles. The van der Waals surface area contributed by atoms with Crippen LogP contribution in [0.2, 0.25) is 0 Å². The third-order valence-corrected chi connectivity index (χ3v) is 13.0. The molecule has 0 aromatic rings. The minimum Gasteiger partial charge on any atom is -0.394 e. The minimum absolute atomic E-state index is 0.0662. The first-order chi connectivity index (χ1) is 34.2. The zero-order valence-corrected chi connectivity index (χ0v) is 45.5. The SMILES string of the molecule is CC/C=C\C/C=C\C/C=C\C/C=C\C/C=C\C/C=C\C/C=C\C/C=C\CCCCCCCCCCCCCCCCC(=O)NC(CO)C(O)/C=C/CCCCCCCCCCCCCCCCCC. The van der Waals surface area contributed by atoms with Crippen molar-refractivity contribution in [1.29, 1.82) is 0 Å². The van der Waals surface area contributed by atoms with Crippen LogP contribution in [0.5, 0.6) is 0 Å². The Hall–Kier alpha value is -2.95. The number of amides is 1. The summed E-state index contributed by atoms with van der Waals surface area (Å²) in [6.45, 7) is 4.20. The molecule has 0 aliphatic heterocycles. The van der Waals surface area contributed by atoms with Gasteiger partial charge in [-0.1, -0.05) is 297 Å². The van der Waals surface area contributed by atoms with Gasteiger partial charge in [-0.2, -0.15) is 0 Å². The lowest BCUT2D eigenvalue weighted by Gasteiger charge is -2.20. The van der Waals surface area contributed by atoms with Crippen molar-refractivity contribution in [2.24, 2.45) is 0 Å². The number of allylic oxidation sites excluding steroid dienone is 17. The Kier molecular flexibility index (Phi) is 56.8. The largest absolute Gasteiger partial charge is 0.394 e. The summed E-state index contributed by atoms with van der Waals surface area (Å²) in [5, 5.41) is 23.2. The average Bonchev–Trinajstić information content (AvgIpc) is 3.35. The van der Waals surface area contributed by atoms with E-state index in [1.54, 1.807) is 6.08 Å². The maximum atomic E-state index is 12.5. The van der Waals surface area contributed by atoms with Crippen molar-refractivity contribution in [3.8, 4) is 0 Å². The number of carbonyl (C=O) groups excluding carboxylic acids is 1. The van der Waals surface area contributed by atoms with Crippen LogP contribution in [-0.2, 0) is 4.79 Å². The Labute approximate surface area is 429 Å². The fourth-order valence-electron chi connectivity index (χ4n) is 8.55. The van der Waals surface area contributed by atoms with Crippen LogP contribution in [0.1, 0.15) is 277 Å². The summed E-state index contributed by atoms with van der Waals surface area (Å²) in [5.41, 5.74) is 0. The van der Waals surface area contributed by atoms with Gasteiger partial charge in [0.2, 0.25) is 5.91 Å². The van der Waals surface area contributed by atoms with E-state index in [1.807, 2.05) is 6.08 Å². The molecular formula is C65H113NO3. The highest BCUT2D eigenvalue weighted by molar-refractivity contribution is 5.76. The van der Waals surface area contributed by atoms with Crippen LogP contribution < -0.4 is 5.32 Å². The van der Waals surface area contributed by atoms with Gasteiger partial charge in [-0.15, -0.1) is 0 Å². The molecule has 0 heterocycles. The molecule has 1 amide bonds. The first kappa shape index (κ1) is 66.0. The van der Waals surface area contributed by atoms with Gasteiger partial charge < -0.3 is 15.5 Å². The topological polar surface area (TPSA) is 69.6 Å². The van der Waals surface area contributed by atoms with Gasteiger partial charge in [0.25, 0.3) is 0 Å². The Morgan fingerprint density at radius 3 is 0.957 bits per heavy atom. The molecular weight excluding hydrogens is 843 g/mol. The Morgan fingerprint density at radius 1 is 0.362 bits per heavy atom. The van der Waals surface area contributed by atoms with E-state index in [-0.39, 0.29) is 12.5 Å². The van der Waals surface area contributed by atoms with E-state index in [9.17, 15) is 15.0 Å². The highest BCUT2D eigenvalue weighted by Crippen LogP contribution is 2.16. The van der Waals surface area contributed by atoms with E-state index < -0.39 is 12.1 Å². The second kappa shape index (κ2) is 59.4. The van der Waals surface area contributed by atoms with Crippen LogP contribution in [0, 0.1) is 0 Å². The lowest BCUT2D eigenvalue weighted by Crippen LogP contribution is -2.45. The molecule has 0 saturated heterocycles. The van der Waals surface area contributed by atoms with Gasteiger partial charge in [-0.25, -0.2) is 0 Å². The molecule has 0 fully saturated rings. The van der Waals surface area contributed by atoms with E-state index >= 15 is 0 Å². The first-order valence-corrected chi connectivity index (χ1v) is 29.6. The molecule has 0 aromatic carbocycles. The lowest BCUT2D eigenvalue weighted by atomic mass is 10.0. The molecule has 396 valence electrons. The zero-order chi connectivity index (χ0) is 49.9. The van der Waals surface area contributed by atoms with Crippen molar-refractivity contribution in [1.82, 2.24) is 5.32 Å². The summed E-state index contributed by atoms with van der Waals surface area (Å²) in [6.07, 6.45) is 89.7. The number of carbonyl (C=O) groups is 1. The van der Waals surface area contributed by atoms with Gasteiger partial charge in [-0.05, 0) is 83.5 Å². The molecule has 3 N–H and O–H groups in total. The first-order valence-electron chi connectivity index (χ1n) is 29.6. The quantitative estimate of drug-likeness (QED) is 0.0420. The molecule has 4 heteroatoms. The molecule has 0 aliphatic rings. The molecule has 69 heavy (non-hydrogen) atoms. The van der Waals surface area contributed by atoms with Crippen molar-refractivity contribution in [2.75, 3.05) is 6.61 Å². The summed E-state index contributed by atoms with van der Waals surface area (Å²) in [4.78, 5) is 12.5. The normalized spacial score (nSPS) is 13.6. The Balaban J connectivity index is 3.54. The highest BCUT2D eigenvalue weighted by atomic mass is 16.3. The van der Waals surface area contributed by atoms with Gasteiger partial charge in [0, 0.05) is 6.42 Å². The lowest BCUT2D eigenvalue weighted by molar-refractivity contribution is -0.123. The molecule has 0 aliphatic carbocycles. The number of aliphatic hydroxyl groups is 2. The third-order valence-electron chi connectivity index (χ3n) is 13.0. The number of hydrogen-bond donors (Lipinski definition) is 3. The van der Waals surface area contributed by atoms with Crippen molar-refractivity contribution in [3.05, 3.63) is 109 Å². The summed E-state index contributed by atoms with van der Waals surface area (Å²) in [5.74, 6) is -0.0662. The second-order valence-corrected chi connectivity index (χ2v) is 19.7. The third kappa shape index (κ3) is 55.8. The summed E-state index contributed by atoms with van der Waals surface area (Å²) in [6, 6.07) is -0.628. The second-order valence-electron chi connectivity index (χ2n) is 19.7. The maximum absolute atomic E-state index is 12.5. The molecule has 0 spiro atoms. The predicted molar refractivity (Wildman–Crippen MR) is 308 cm³/mol. The van der Waals surface area contributed by atoms with Crippen LogP contribution in [0.3, 0.4) is 0 Å². The summed E-state index contributed by atoms with van der Waals surface area (Å²) in [7, 11) is 0. The molecule has 0 bridgehead atoms. The van der Waals surface area contributed by atoms with E-state index in [2.05, 4.69) is 116 Å². The van der Waals surface area contributed by atoms with Gasteiger partial charge >= 0.3 is 0 Å². The van der Waals surface area contributed by atoms with Crippen LogP contribution in [-0.4, -0.2) is 34.9 Å². The van der Waals surface area contributed by atoms with Gasteiger partial charge in [0.15, 0.2) is 0 Å². The van der Waals surface area contributed by atoms with Gasteiger partial charge in [0.05, 0.1) is 18.8 Å². The summed E-state index contributed by atoms with van der Waals surface area (Å²) >= 11 is 0. The van der Waals surface area contributed by atoms with E-state index in [4.69, 9.17) is 0 Å². The molecule has 2 unspecified atom stereocenters. The maximum Gasteiger partial charge on any atom is 0.220 e. The van der Waals surface area contributed by atoms with E-state index in [0.29, 0.717) is 6.42 Å². The smallest absolute Gasteiger partial charge is 0.220 e. The Bertz CT molecular complexity index is 1310. The molecule has 2 atom stereocenters. The van der Waals surface area contributed by atoms with Crippen LogP contribution in [0.15, 0.2) is 109 Å². The zero-order valence-electron chi connectivity index (χ0n) is 45.5. The van der Waals surface area contributed by atoms with Crippen molar-refractivity contribution in [2.45, 2.75) is 289 Å².